The predicted octanol–water partition coefficient (Wildman–Crippen LogP) is 15.1. The van der Waals surface area contributed by atoms with Crippen molar-refractivity contribution >= 4 is 5.78 Å². The summed E-state index contributed by atoms with van der Waals surface area (Å²) in [5, 5.41) is 0. The largest absolute Gasteiger partial charge is 0.368 e. The SMILES string of the molecule is CO[C@H]1O[C@H](C(OCc2ccccc2)[C@H](OCc2ccccc2)[C@@H](OCc2ccccc2)[C@@H](OCc2ccccc2)[C@H](OCc2ccccc2)[C@H](/C=C/C(=O)[C@H]2O[C@@H]3OC(C)(C)O[C@@H]3[C@H]3OC(C)(C)O[C@H]32)OCc2ccccc2)[C@@H](OCc2ccccc2)[C@H](OCc2ccccc2)[C@H]1OCc1ccccc1. The first kappa shape index (κ1) is 76.0. The topological polar surface area (TPSA) is 165 Å². The Morgan fingerprint density at radius 2 is 0.670 bits per heavy atom. The van der Waals surface area contributed by atoms with Crippen molar-refractivity contribution in [1.29, 1.82) is 0 Å². The molecule has 4 fully saturated rings. The Bertz CT molecular complexity index is 4060. The summed E-state index contributed by atoms with van der Waals surface area (Å²) in [6.07, 6.45) is -13.4. The molecule has 4 aliphatic heterocycles. The number of ketones is 1. The van der Waals surface area contributed by atoms with Crippen molar-refractivity contribution in [3.8, 4) is 0 Å². The summed E-state index contributed by atoms with van der Waals surface area (Å²) < 4.78 is 114. The van der Waals surface area contributed by atoms with E-state index < -0.39 is 115 Å². The van der Waals surface area contributed by atoms with Crippen molar-refractivity contribution in [2.45, 2.75) is 197 Å². The van der Waals surface area contributed by atoms with Crippen LogP contribution in [0, 0.1) is 0 Å². The van der Waals surface area contributed by atoms with Crippen LogP contribution >= 0.6 is 0 Å². The minimum Gasteiger partial charge on any atom is -0.368 e. The Labute approximate surface area is 622 Å². The predicted molar refractivity (Wildman–Crippen MR) is 398 cm³/mol. The number of carbonyl (C=O) groups is 1. The van der Waals surface area contributed by atoms with Crippen molar-refractivity contribution in [3.63, 3.8) is 0 Å². The van der Waals surface area contributed by atoms with Gasteiger partial charge in [0.25, 0.3) is 0 Å². The van der Waals surface area contributed by atoms with Gasteiger partial charge in [-0.25, -0.2) is 0 Å². The average molecular weight is 1440 g/mol. The molecule has 9 aromatic carbocycles. The average Bonchev–Trinajstić information content (AvgIpc) is 1.31. The highest BCUT2D eigenvalue weighted by atomic mass is 16.9. The van der Waals surface area contributed by atoms with Crippen LogP contribution in [-0.4, -0.2) is 123 Å². The molecule has 9 aromatic rings. The molecule has 0 bridgehead atoms. The van der Waals surface area contributed by atoms with E-state index in [9.17, 15) is 0 Å². The van der Waals surface area contributed by atoms with Gasteiger partial charge in [-0.2, -0.15) is 0 Å². The molecule has 4 aliphatic rings. The van der Waals surface area contributed by atoms with E-state index in [0.29, 0.717) is 0 Å². The lowest BCUT2D eigenvalue weighted by Crippen LogP contribution is -2.67. The Hall–Kier alpha value is -8.25. The molecule has 0 radical (unpaired) electrons. The minimum atomic E-state index is -1.23. The molecule has 16 atom stereocenters. The summed E-state index contributed by atoms with van der Waals surface area (Å²) >= 11 is 0. The number of fused-ring (bicyclic) bond motifs is 3. The van der Waals surface area contributed by atoms with Gasteiger partial charge in [-0.05, 0) is 89.9 Å². The lowest BCUT2D eigenvalue weighted by atomic mass is 9.87. The molecule has 13 rings (SSSR count). The molecular weight excluding hydrogens is 1340 g/mol. The molecule has 0 spiro atoms. The zero-order chi connectivity index (χ0) is 72.9. The van der Waals surface area contributed by atoms with Crippen LogP contribution in [0.3, 0.4) is 0 Å². The van der Waals surface area contributed by atoms with Crippen LogP contribution in [0.25, 0.3) is 0 Å². The molecule has 0 aromatic heterocycles. The number of hydrogen-bond donors (Lipinski definition) is 0. The fourth-order valence-electron chi connectivity index (χ4n) is 14.0. The number of benzene rings is 9. The van der Waals surface area contributed by atoms with E-state index in [1.807, 2.05) is 287 Å². The van der Waals surface area contributed by atoms with Crippen LogP contribution < -0.4 is 0 Å². The molecule has 0 N–H and O–H groups in total. The molecule has 4 saturated heterocycles. The van der Waals surface area contributed by atoms with E-state index in [1.54, 1.807) is 27.0 Å². The molecule has 4 heterocycles. The molecular formula is C89H96O17. The Morgan fingerprint density at radius 3 is 1.08 bits per heavy atom. The molecule has 0 aliphatic carbocycles. The second-order valence-electron chi connectivity index (χ2n) is 27.9. The van der Waals surface area contributed by atoms with Crippen molar-refractivity contribution in [1.82, 2.24) is 0 Å². The molecule has 17 heteroatoms. The first-order valence-electron chi connectivity index (χ1n) is 36.6. The normalized spacial score (nSPS) is 24.1. The van der Waals surface area contributed by atoms with Gasteiger partial charge in [0, 0.05) is 7.11 Å². The summed E-state index contributed by atoms with van der Waals surface area (Å²) in [5.74, 6) is -2.56. The van der Waals surface area contributed by atoms with Gasteiger partial charge < -0.3 is 75.8 Å². The highest BCUT2D eigenvalue weighted by Gasteiger charge is 2.62. The van der Waals surface area contributed by atoms with Crippen molar-refractivity contribution in [2.24, 2.45) is 0 Å². The third-order valence-corrected chi connectivity index (χ3v) is 19.2. The molecule has 106 heavy (non-hydrogen) atoms. The highest BCUT2D eigenvalue weighted by molar-refractivity contribution is 5.94. The summed E-state index contributed by atoms with van der Waals surface area (Å²) in [4.78, 5) is 15.6. The highest BCUT2D eigenvalue weighted by Crippen LogP contribution is 2.45. The van der Waals surface area contributed by atoms with Crippen LogP contribution in [0.15, 0.2) is 285 Å². The van der Waals surface area contributed by atoms with Gasteiger partial charge in [0.1, 0.15) is 79.4 Å². The number of carbonyl (C=O) groups excluding carboxylic acids is 1. The molecule has 1 unspecified atom stereocenters. The van der Waals surface area contributed by atoms with E-state index in [-0.39, 0.29) is 59.5 Å². The van der Waals surface area contributed by atoms with Crippen molar-refractivity contribution in [2.75, 3.05) is 7.11 Å². The van der Waals surface area contributed by atoms with E-state index in [2.05, 4.69) is 0 Å². The van der Waals surface area contributed by atoms with Gasteiger partial charge in [-0.1, -0.05) is 273 Å². The van der Waals surface area contributed by atoms with E-state index in [0.717, 1.165) is 50.1 Å². The van der Waals surface area contributed by atoms with Crippen LogP contribution in [0.1, 0.15) is 77.8 Å². The number of hydrogen-bond acceptors (Lipinski definition) is 17. The zero-order valence-corrected chi connectivity index (χ0v) is 60.7. The monoisotopic (exact) mass is 1440 g/mol. The third kappa shape index (κ3) is 20.7. The third-order valence-electron chi connectivity index (χ3n) is 19.2. The van der Waals surface area contributed by atoms with Gasteiger partial charge in [0.05, 0.1) is 59.5 Å². The maximum Gasteiger partial charge on any atom is 0.190 e. The summed E-state index contributed by atoms with van der Waals surface area (Å²) in [6.45, 7) is 8.00. The fourth-order valence-corrected chi connectivity index (χ4v) is 14.0. The smallest absolute Gasteiger partial charge is 0.190 e. The quantitative estimate of drug-likeness (QED) is 0.0337. The second kappa shape index (κ2) is 37.5. The number of ether oxygens (including phenoxy) is 16. The van der Waals surface area contributed by atoms with Crippen molar-refractivity contribution in [3.05, 3.63) is 335 Å². The van der Waals surface area contributed by atoms with Gasteiger partial charge in [0.2, 0.25) is 0 Å². The van der Waals surface area contributed by atoms with E-state index in [4.69, 9.17) is 75.8 Å². The molecule has 554 valence electrons. The fraction of sp³-hybridized carbons (Fsp3) is 0.360. The van der Waals surface area contributed by atoms with E-state index >= 15 is 4.79 Å². The maximum atomic E-state index is 15.6. The standard InChI is InChI=1S/C89H96O17/c1-88(2)103-82-73(101-87-85(83(82)104-88)105-89(3,4)106-87)71(90)51-52-72(92-53-62-33-15-6-16-34-62)74(93-54-63-35-17-7-18-36-63)75(94-55-64-37-19-8-20-38-64)76(95-56-65-39-21-9-22-40-65)77(96-57-66-41-23-10-24-42-66)78(97-58-67-43-25-11-26-44-67)81-79(98-59-68-45-27-12-28-46-68)80(99-60-69-47-29-13-30-48-69)84(86(91-5)102-81)100-61-70-49-31-14-32-50-70/h6-52,72-87H,53-61H2,1-5H3/b52-51+/t72-,73+,74+,75-,76-,77+,78?,79-,80-,81+,82-,83-,84+,85+,86-,87+/m0/s1. The maximum absolute atomic E-state index is 15.6. The van der Waals surface area contributed by atoms with Gasteiger partial charge in [-0.3, -0.25) is 4.79 Å². The first-order chi connectivity index (χ1) is 51.9. The molecule has 0 saturated carbocycles. The second-order valence-corrected chi connectivity index (χ2v) is 27.9. The zero-order valence-electron chi connectivity index (χ0n) is 60.7. The number of rotatable bonds is 37. The van der Waals surface area contributed by atoms with Crippen LogP contribution in [-0.2, 0) is 140 Å². The first-order valence-corrected chi connectivity index (χ1v) is 36.6. The Kier molecular flexibility index (Phi) is 26.9. The summed E-state index contributed by atoms with van der Waals surface area (Å²) in [5.41, 5.74) is 7.88. The van der Waals surface area contributed by atoms with Crippen LogP contribution in [0.2, 0.25) is 0 Å². The van der Waals surface area contributed by atoms with Gasteiger partial charge in [-0.15, -0.1) is 0 Å². The van der Waals surface area contributed by atoms with Crippen LogP contribution in [0.4, 0.5) is 0 Å². The number of methoxy groups -OCH3 is 1. The van der Waals surface area contributed by atoms with Gasteiger partial charge >= 0.3 is 0 Å². The molecule has 17 nitrogen and oxygen atoms in total. The van der Waals surface area contributed by atoms with Crippen LogP contribution in [0.5, 0.6) is 0 Å². The minimum absolute atomic E-state index is 0.0334. The Morgan fingerprint density at radius 1 is 0.349 bits per heavy atom. The molecule has 0 amide bonds. The summed E-state index contributed by atoms with van der Waals surface area (Å²) in [7, 11) is 1.60. The lowest BCUT2D eigenvalue weighted by Gasteiger charge is -2.50. The lowest BCUT2D eigenvalue weighted by molar-refractivity contribution is -0.343. The Balaban J connectivity index is 1.00. The van der Waals surface area contributed by atoms with E-state index in [1.165, 1.54) is 6.08 Å². The van der Waals surface area contributed by atoms with Crippen molar-refractivity contribution < 1.29 is 80.6 Å². The summed E-state index contributed by atoms with van der Waals surface area (Å²) in [6, 6.07) is 89.5. The van der Waals surface area contributed by atoms with Gasteiger partial charge in [0.15, 0.2) is 36.0 Å².